The van der Waals surface area contributed by atoms with E-state index < -0.39 is 0 Å². The second-order valence-electron chi connectivity index (χ2n) is 7.32. The molecule has 0 saturated carbocycles. The maximum absolute atomic E-state index is 12.4. The molecule has 0 saturated heterocycles. The van der Waals surface area contributed by atoms with Gasteiger partial charge >= 0.3 is 0 Å². The lowest BCUT2D eigenvalue weighted by Gasteiger charge is -2.10. The topological polar surface area (TPSA) is 67.4 Å². The molecule has 0 heterocycles. The number of carbonyl (C=O) groups excluding carboxylic acids is 2. The van der Waals surface area contributed by atoms with Crippen molar-refractivity contribution in [3.8, 4) is 11.5 Å². The van der Waals surface area contributed by atoms with Gasteiger partial charge in [-0.15, -0.1) is 0 Å². The molecule has 0 spiro atoms. The third kappa shape index (κ3) is 6.47. The second kappa shape index (κ2) is 11.0. The molecule has 9 heteroatoms. The Balaban J connectivity index is 1.34. The number of hydrogen-bond acceptors (Lipinski definition) is 3. The molecule has 0 aliphatic heterocycles. The molecule has 0 radical (unpaired) electrons. The van der Waals surface area contributed by atoms with Crippen LogP contribution in [0.1, 0.15) is 20.7 Å². The summed E-state index contributed by atoms with van der Waals surface area (Å²) in [6.45, 7) is 0. The van der Waals surface area contributed by atoms with Gasteiger partial charge in [0.05, 0.1) is 20.1 Å². The Kier molecular flexibility index (Phi) is 7.83. The maximum Gasteiger partial charge on any atom is 0.255 e. The highest BCUT2D eigenvalue weighted by molar-refractivity contribution is 6.42. The van der Waals surface area contributed by atoms with E-state index in [0.717, 1.165) is 0 Å². The van der Waals surface area contributed by atoms with E-state index in [1.807, 2.05) is 0 Å². The minimum atomic E-state index is -0.309. The molecule has 0 aliphatic carbocycles. The number of carbonyl (C=O) groups is 2. The third-order valence-corrected chi connectivity index (χ3v) is 6.30. The molecule has 0 aromatic heterocycles. The van der Waals surface area contributed by atoms with E-state index in [9.17, 15) is 9.59 Å². The van der Waals surface area contributed by atoms with Crippen molar-refractivity contribution in [1.29, 1.82) is 0 Å². The SMILES string of the molecule is O=C(Nc1ccc(Oc2ccc(NC(=O)c3ccc(Cl)c(Cl)c3)cc2)cc1)c1ccc(Cl)c(Cl)c1. The van der Waals surface area contributed by atoms with Crippen molar-refractivity contribution in [2.24, 2.45) is 0 Å². The monoisotopic (exact) mass is 544 g/mol. The molecule has 35 heavy (non-hydrogen) atoms. The maximum atomic E-state index is 12.4. The summed E-state index contributed by atoms with van der Waals surface area (Å²) in [4.78, 5) is 24.8. The van der Waals surface area contributed by atoms with Crippen LogP contribution < -0.4 is 15.4 Å². The van der Waals surface area contributed by atoms with Crippen molar-refractivity contribution in [3.05, 3.63) is 116 Å². The molecule has 0 fully saturated rings. The van der Waals surface area contributed by atoms with Crippen LogP contribution in [0, 0.1) is 0 Å². The zero-order valence-electron chi connectivity index (χ0n) is 17.8. The van der Waals surface area contributed by atoms with Crippen LogP contribution in [0.3, 0.4) is 0 Å². The summed E-state index contributed by atoms with van der Waals surface area (Å²) in [5, 5.41) is 6.96. The fourth-order valence-corrected chi connectivity index (χ4v) is 3.63. The lowest BCUT2D eigenvalue weighted by Crippen LogP contribution is -2.11. The van der Waals surface area contributed by atoms with E-state index in [0.29, 0.717) is 54.1 Å². The summed E-state index contributed by atoms with van der Waals surface area (Å²) in [5.74, 6) is 0.529. The van der Waals surface area contributed by atoms with Crippen LogP contribution in [0.2, 0.25) is 20.1 Å². The van der Waals surface area contributed by atoms with Crippen molar-refractivity contribution >= 4 is 69.6 Å². The first-order valence-electron chi connectivity index (χ1n) is 10.2. The molecule has 0 aliphatic rings. The van der Waals surface area contributed by atoms with Crippen LogP contribution in [0.5, 0.6) is 11.5 Å². The number of amides is 2. The van der Waals surface area contributed by atoms with Gasteiger partial charge in [-0.3, -0.25) is 9.59 Å². The molecule has 2 N–H and O–H groups in total. The van der Waals surface area contributed by atoms with Crippen molar-refractivity contribution in [3.63, 3.8) is 0 Å². The van der Waals surface area contributed by atoms with E-state index in [2.05, 4.69) is 10.6 Å². The first-order chi connectivity index (χ1) is 16.8. The van der Waals surface area contributed by atoms with Crippen LogP contribution >= 0.6 is 46.4 Å². The molecular formula is C26H16Cl4N2O3. The Morgan fingerprint density at radius 1 is 0.514 bits per heavy atom. The zero-order valence-corrected chi connectivity index (χ0v) is 20.8. The van der Waals surface area contributed by atoms with Crippen LogP contribution in [0.25, 0.3) is 0 Å². The van der Waals surface area contributed by atoms with Gasteiger partial charge in [0.1, 0.15) is 11.5 Å². The smallest absolute Gasteiger partial charge is 0.255 e. The Morgan fingerprint density at radius 2 is 0.886 bits per heavy atom. The van der Waals surface area contributed by atoms with Gasteiger partial charge in [-0.2, -0.15) is 0 Å². The highest BCUT2D eigenvalue weighted by atomic mass is 35.5. The number of rotatable bonds is 6. The number of hydrogen-bond donors (Lipinski definition) is 2. The lowest BCUT2D eigenvalue weighted by atomic mass is 10.2. The first-order valence-corrected chi connectivity index (χ1v) is 11.7. The Labute approximate surface area is 221 Å². The van der Waals surface area contributed by atoms with Crippen molar-refractivity contribution < 1.29 is 14.3 Å². The number of ether oxygens (including phenoxy) is 1. The molecule has 176 valence electrons. The summed E-state index contributed by atoms with van der Waals surface area (Å²) in [7, 11) is 0. The summed E-state index contributed by atoms with van der Waals surface area (Å²) in [6, 6.07) is 23.1. The first kappa shape index (κ1) is 24.9. The van der Waals surface area contributed by atoms with E-state index in [1.165, 1.54) is 12.1 Å². The quantitative estimate of drug-likeness (QED) is 0.255. The fourth-order valence-electron chi connectivity index (χ4n) is 3.03. The third-order valence-electron chi connectivity index (χ3n) is 4.82. The predicted molar refractivity (Wildman–Crippen MR) is 142 cm³/mol. The molecule has 4 aromatic rings. The highest BCUT2D eigenvalue weighted by Crippen LogP contribution is 2.27. The number of nitrogens with one attached hydrogen (secondary N) is 2. The average molecular weight is 546 g/mol. The van der Waals surface area contributed by atoms with E-state index >= 15 is 0 Å². The van der Waals surface area contributed by atoms with Gasteiger partial charge in [-0.05, 0) is 84.9 Å². The normalized spacial score (nSPS) is 10.5. The molecule has 5 nitrogen and oxygen atoms in total. The minimum absolute atomic E-state index is 0.308. The van der Waals surface area contributed by atoms with Gasteiger partial charge in [-0.25, -0.2) is 0 Å². The van der Waals surface area contributed by atoms with Gasteiger partial charge in [-0.1, -0.05) is 46.4 Å². The molecule has 4 aromatic carbocycles. The standard InChI is InChI=1S/C26H16Cl4N2O3/c27-21-11-1-15(13-23(21)29)25(33)31-17-3-7-19(8-4-17)35-20-9-5-18(6-10-20)32-26(34)16-2-12-22(28)24(30)14-16/h1-14H,(H,31,33)(H,32,34). The average Bonchev–Trinajstić information content (AvgIpc) is 2.85. The summed E-state index contributed by atoms with van der Waals surface area (Å²) < 4.78 is 5.84. The van der Waals surface area contributed by atoms with Crippen molar-refractivity contribution in [2.75, 3.05) is 10.6 Å². The second-order valence-corrected chi connectivity index (χ2v) is 8.95. The van der Waals surface area contributed by atoms with Gasteiger partial charge in [0, 0.05) is 22.5 Å². The highest BCUT2D eigenvalue weighted by Gasteiger charge is 2.10. The van der Waals surface area contributed by atoms with Crippen LogP contribution in [0.4, 0.5) is 11.4 Å². The largest absolute Gasteiger partial charge is 0.457 e. The van der Waals surface area contributed by atoms with Gasteiger partial charge < -0.3 is 15.4 Å². The molecule has 2 amide bonds. The summed E-state index contributed by atoms with van der Waals surface area (Å²) >= 11 is 23.7. The lowest BCUT2D eigenvalue weighted by molar-refractivity contribution is 0.101. The Bertz CT molecular complexity index is 1280. The van der Waals surface area contributed by atoms with Gasteiger partial charge in [0.25, 0.3) is 11.8 Å². The van der Waals surface area contributed by atoms with Crippen LogP contribution in [-0.4, -0.2) is 11.8 Å². The fraction of sp³-hybridized carbons (Fsp3) is 0. The van der Waals surface area contributed by atoms with E-state index in [-0.39, 0.29) is 11.8 Å². The summed E-state index contributed by atoms with van der Waals surface area (Å²) in [5.41, 5.74) is 1.97. The molecule has 0 atom stereocenters. The van der Waals surface area contributed by atoms with Crippen molar-refractivity contribution in [2.45, 2.75) is 0 Å². The minimum Gasteiger partial charge on any atom is -0.457 e. The number of anilines is 2. The van der Waals surface area contributed by atoms with E-state index in [4.69, 9.17) is 51.1 Å². The molecule has 4 rings (SSSR count). The van der Waals surface area contributed by atoms with E-state index in [1.54, 1.807) is 72.8 Å². The Hall–Kier alpha value is -3.22. The molecular weight excluding hydrogens is 530 g/mol. The van der Waals surface area contributed by atoms with Crippen LogP contribution in [-0.2, 0) is 0 Å². The number of benzene rings is 4. The summed E-state index contributed by atoms with van der Waals surface area (Å²) in [6.07, 6.45) is 0. The number of halogens is 4. The van der Waals surface area contributed by atoms with Crippen molar-refractivity contribution in [1.82, 2.24) is 0 Å². The predicted octanol–water partition coefficient (Wildman–Crippen LogP) is 8.60. The Morgan fingerprint density at radius 3 is 1.23 bits per heavy atom. The molecule has 0 unspecified atom stereocenters. The van der Waals surface area contributed by atoms with Gasteiger partial charge in [0.15, 0.2) is 0 Å². The van der Waals surface area contributed by atoms with Crippen LogP contribution in [0.15, 0.2) is 84.9 Å². The zero-order chi connectivity index (χ0) is 24.9. The molecule has 0 bridgehead atoms. The van der Waals surface area contributed by atoms with Gasteiger partial charge in [0.2, 0.25) is 0 Å².